The highest BCUT2D eigenvalue weighted by atomic mass is 14.9. The molecule has 1 atom stereocenters. The molecule has 0 aromatic carbocycles. The summed E-state index contributed by atoms with van der Waals surface area (Å²) in [6, 6.07) is 0.820. The molecule has 1 nitrogen and oxygen atoms in total. The topological polar surface area (TPSA) is 12.0 Å². The van der Waals surface area contributed by atoms with Crippen LogP contribution in [0.4, 0.5) is 0 Å². The second kappa shape index (κ2) is 9.07. The summed E-state index contributed by atoms with van der Waals surface area (Å²) in [4.78, 5) is 0. The lowest BCUT2D eigenvalue weighted by Gasteiger charge is -2.36. The first-order chi connectivity index (χ1) is 9.83. The minimum absolute atomic E-state index is 0.820. The monoisotopic (exact) mass is 279 g/mol. The van der Waals surface area contributed by atoms with Crippen molar-refractivity contribution in [3.05, 3.63) is 0 Å². The third kappa shape index (κ3) is 5.06. The highest BCUT2D eigenvalue weighted by Crippen LogP contribution is 2.36. The summed E-state index contributed by atoms with van der Waals surface area (Å²) in [5.41, 5.74) is 0. The van der Waals surface area contributed by atoms with Crippen molar-refractivity contribution in [3.63, 3.8) is 0 Å². The van der Waals surface area contributed by atoms with E-state index < -0.39 is 0 Å². The minimum atomic E-state index is 0.820. The van der Waals surface area contributed by atoms with E-state index in [4.69, 9.17) is 0 Å². The van der Waals surface area contributed by atoms with Crippen molar-refractivity contribution < 1.29 is 0 Å². The summed E-state index contributed by atoms with van der Waals surface area (Å²) in [6.07, 6.45) is 17.8. The molecular weight excluding hydrogens is 242 g/mol. The summed E-state index contributed by atoms with van der Waals surface area (Å²) in [5.74, 6) is 3.03. The van der Waals surface area contributed by atoms with E-state index in [9.17, 15) is 0 Å². The van der Waals surface area contributed by atoms with Crippen LogP contribution in [0.1, 0.15) is 90.9 Å². The Labute approximate surface area is 127 Å². The zero-order chi connectivity index (χ0) is 14.2. The fourth-order valence-corrected chi connectivity index (χ4v) is 4.66. The molecule has 2 saturated carbocycles. The Bertz CT molecular complexity index is 234. The van der Waals surface area contributed by atoms with Gasteiger partial charge in [0.15, 0.2) is 0 Å². The van der Waals surface area contributed by atoms with Gasteiger partial charge in [-0.1, -0.05) is 71.6 Å². The van der Waals surface area contributed by atoms with Crippen LogP contribution in [0.5, 0.6) is 0 Å². The average molecular weight is 280 g/mol. The van der Waals surface area contributed by atoms with E-state index in [-0.39, 0.29) is 0 Å². The van der Waals surface area contributed by atoms with E-state index in [1.54, 1.807) is 0 Å². The molecule has 2 aliphatic carbocycles. The van der Waals surface area contributed by atoms with E-state index in [2.05, 4.69) is 19.2 Å². The summed E-state index contributed by atoms with van der Waals surface area (Å²) in [7, 11) is 0. The molecule has 118 valence electrons. The molecule has 2 fully saturated rings. The van der Waals surface area contributed by atoms with E-state index in [0.29, 0.717) is 0 Å². The van der Waals surface area contributed by atoms with Crippen molar-refractivity contribution in [1.29, 1.82) is 0 Å². The molecule has 0 amide bonds. The van der Waals surface area contributed by atoms with Gasteiger partial charge in [-0.25, -0.2) is 0 Å². The molecule has 20 heavy (non-hydrogen) atoms. The molecule has 0 aliphatic heterocycles. The number of nitrogens with one attached hydrogen (secondary N) is 1. The molecule has 1 N–H and O–H groups in total. The van der Waals surface area contributed by atoms with Crippen molar-refractivity contribution in [1.82, 2.24) is 5.32 Å². The van der Waals surface area contributed by atoms with E-state index in [1.165, 1.54) is 77.0 Å². The van der Waals surface area contributed by atoms with Crippen LogP contribution in [0.25, 0.3) is 0 Å². The molecule has 0 aromatic heterocycles. The van der Waals surface area contributed by atoms with Crippen molar-refractivity contribution >= 4 is 0 Å². The predicted molar refractivity (Wildman–Crippen MR) is 89.0 cm³/mol. The number of hydrogen-bond acceptors (Lipinski definition) is 1. The number of rotatable bonds is 6. The molecule has 1 unspecified atom stereocenters. The lowest BCUT2D eigenvalue weighted by molar-refractivity contribution is 0.193. The van der Waals surface area contributed by atoms with Gasteiger partial charge in [-0.05, 0) is 43.6 Å². The van der Waals surface area contributed by atoms with Gasteiger partial charge in [0.1, 0.15) is 0 Å². The van der Waals surface area contributed by atoms with Gasteiger partial charge < -0.3 is 5.32 Å². The van der Waals surface area contributed by atoms with E-state index in [1.807, 2.05) is 0 Å². The van der Waals surface area contributed by atoms with Gasteiger partial charge in [-0.2, -0.15) is 0 Å². The SMILES string of the molecule is CCNC(CC1CCCCCC1)C1CCC(CC)CC1. The Balaban J connectivity index is 1.82. The Morgan fingerprint density at radius 2 is 1.45 bits per heavy atom. The predicted octanol–water partition coefficient (Wildman–Crippen LogP) is 5.54. The molecule has 0 spiro atoms. The molecule has 1 heteroatoms. The molecule has 0 saturated heterocycles. The maximum absolute atomic E-state index is 3.85. The van der Waals surface area contributed by atoms with Gasteiger partial charge in [0.05, 0.1) is 0 Å². The second-order valence-corrected chi connectivity index (χ2v) is 7.45. The average Bonchev–Trinajstić information content (AvgIpc) is 2.76. The first kappa shape index (κ1) is 16.3. The Hall–Kier alpha value is -0.0400. The van der Waals surface area contributed by atoms with E-state index >= 15 is 0 Å². The zero-order valence-corrected chi connectivity index (χ0v) is 14.0. The molecule has 0 heterocycles. The van der Waals surface area contributed by atoms with Crippen LogP contribution in [0.15, 0.2) is 0 Å². The third-order valence-corrected chi connectivity index (χ3v) is 6.07. The van der Waals surface area contributed by atoms with Gasteiger partial charge in [0.25, 0.3) is 0 Å². The molecular formula is C19H37N. The Morgan fingerprint density at radius 1 is 0.800 bits per heavy atom. The van der Waals surface area contributed by atoms with Crippen molar-refractivity contribution in [3.8, 4) is 0 Å². The van der Waals surface area contributed by atoms with Crippen LogP contribution in [0.2, 0.25) is 0 Å². The summed E-state index contributed by atoms with van der Waals surface area (Å²) in [5, 5.41) is 3.85. The van der Waals surface area contributed by atoms with Crippen LogP contribution < -0.4 is 5.32 Å². The normalized spacial score (nSPS) is 30.9. The fraction of sp³-hybridized carbons (Fsp3) is 1.00. The molecule has 0 radical (unpaired) electrons. The first-order valence-corrected chi connectivity index (χ1v) is 9.56. The Kier molecular flexibility index (Phi) is 7.41. The van der Waals surface area contributed by atoms with E-state index in [0.717, 1.165) is 30.3 Å². The van der Waals surface area contributed by atoms with Crippen LogP contribution in [0, 0.1) is 17.8 Å². The highest BCUT2D eigenvalue weighted by molar-refractivity contribution is 4.84. The second-order valence-electron chi connectivity index (χ2n) is 7.45. The van der Waals surface area contributed by atoms with Crippen molar-refractivity contribution in [2.45, 2.75) is 96.9 Å². The quantitative estimate of drug-likeness (QED) is 0.629. The van der Waals surface area contributed by atoms with Gasteiger partial charge in [-0.3, -0.25) is 0 Å². The van der Waals surface area contributed by atoms with Gasteiger partial charge in [0, 0.05) is 6.04 Å². The Morgan fingerprint density at radius 3 is 2.00 bits per heavy atom. The fourth-order valence-electron chi connectivity index (χ4n) is 4.66. The maximum Gasteiger partial charge on any atom is 0.00978 e. The highest BCUT2D eigenvalue weighted by Gasteiger charge is 2.28. The lowest BCUT2D eigenvalue weighted by atomic mass is 9.75. The first-order valence-electron chi connectivity index (χ1n) is 9.56. The molecule has 2 aliphatic rings. The molecule has 0 aromatic rings. The molecule has 0 bridgehead atoms. The lowest BCUT2D eigenvalue weighted by Crippen LogP contribution is -2.39. The van der Waals surface area contributed by atoms with Crippen molar-refractivity contribution in [2.75, 3.05) is 6.54 Å². The van der Waals surface area contributed by atoms with Gasteiger partial charge in [-0.15, -0.1) is 0 Å². The standard InChI is InChI=1S/C19H37N/c1-3-16-11-13-18(14-12-16)19(20-4-2)15-17-9-7-5-6-8-10-17/h16-20H,3-15H2,1-2H3. The summed E-state index contributed by atoms with van der Waals surface area (Å²) < 4.78 is 0. The summed E-state index contributed by atoms with van der Waals surface area (Å²) in [6.45, 7) is 5.82. The molecule has 2 rings (SSSR count). The summed E-state index contributed by atoms with van der Waals surface area (Å²) >= 11 is 0. The van der Waals surface area contributed by atoms with Gasteiger partial charge in [0.2, 0.25) is 0 Å². The van der Waals surface area contributed by atoms with Crippen LogP contribution in [-0.2, 0) is 0 Å². The zero-order valence-electron chi connectivity index (χ0n) is 14.0. The largest absolute Gasteiger partial charge is 0.314 e. The number of hydrogen-bond donors (Lipinski definition) is 1. The smallest absolute Gasteiger partial charge is 0.00978 e. The van der Waals surface area contributed by atoms with Crippen LogP contribution in [-0.4, -0.2) is 12.6 Å². The van der Waals surface area contributed by atoms with Gasteiger partial charge >= 0.3 is 0 Å². The third-order valence-electron chi connectivity index (χ3n) is 6.07. The maximum atomic E-state index is 3.85. The van der Waals surface area contributed by atoms with Crippen LogP contribution in [0.3, 0.4) is 0 Å². The minimum Gasteiger partial charge on any atom is -0.314 e. The van der Waals surface area contributed by atoms with Crippen molar-refractivity contribution in [2.24, 2.45) is 17.8 Å². The van der Waals surface area contributed by atoms with Crippen LogP contribution >= 0.6 is 0 Å².